The van der Waals surface area contributed by atoms with Gasteiger partial charge in [0.2, 0.25) is 0 Å². The van der Waals surface area contributed by atoms with Crippen LogP contribution in [0.15, 0.2) is 29.1 Å². The number of amides is 1. The second kappa shape index (κ2) is 4.88. The molecule has 0 spiro atoms. The van der Waals surface area contributed by atoms with Gasteiger partial charge in [0.1, 0.15) is 5.75 Å². The van der Waals surface area contributed by atoms with E-state index in [1.165, 1.54) is 0 Å². The number of aromatic amines is 2. The summed E-state index contributed by atoms with van der Waals surface area (Å²) in [7, 11) is 1.59. The molecular weight excluding hydrogens is 258 g/mol. The van der Waals surface area contributed by atoms with Crippen molar-refractivity contribution in [3.63, 3.8) is 0 Å². The van der Waals surface area contributed by atoms with E-state index in [0.29, 0.717) is 25.1 Å². The van der Waals surface area contributed by atoms with Gasteiger partial charge in [0.25, 0.3) is 11.5 Å². The highest BCUT2D eigenvalue weighted by Gasteiger charge is 2.24. The summed E-state index contributed by atoms with van der Waals surface area (Å²) in [5, 5.41) is 5.39. The number of ether oxygens (including phenoxy) is 1. The van der Waals surface area contributed by atoms with Gasteiger partial charge >= 0.3 is 0 Å². The van der Waals surface area contributed by atoms with Gasteiger partial charge in [-0.25, -0.2) is 0 Å². The van der Waals surface area contributed by atoms with Crippen molar-refractivity contribution in [2.75, 3.05) is 13.7 Å². The molecule has 0 saturated carbocycles. The van der Waals surface area contributed by atoms with Crippen LogP contribution < -0.4 is 10.3 Å². The maximum atomic E-state index is 12.4. The molecule has 6 heteroatoms. The third-order valence-electron chi connectivity index (χ3n) is 3.57. The Balaban J connectivity index is 1.80. The molecule has 2 N–H and O–H groups in total. The van der Waals surface area contributed by atoms with Gasteiger partial charge in [-0.1, -0.05) is 0 Å². The molecule has 0 saturated heterocycles. The van der Waals surface area contributed by atoms with Gasteiger partial charge < -0.3 is 14.7 Å². The normalized spacial score (nSPS) is 13.9. The van der Waals surface area contributed by atoms with Gasteiger partial charge in [0.05, 0.1) is 19.3 Å². The van der Waals surface area contributed by atoms with Crippen LogP contribution in [0, 0.1) is 0 Å². The highest BCUT2D eigenvalue weighted by Crippen LogP contribution is 2.18. The lowest BCUT2D eigenvalue weighted by molar-refractivity contribution is 0.0732. The summed E-state index contributed by atoms with van der Waals surface area (Å²) in [6.45, 7) is 0.984. The van der Waals surface area contributed by atoms with Gasteiger partial charge in [0.15, 0.2) is 0 Å². The standard InChI is InChI=1S/C14H15N3O3/c1-20-10-4-2-9(3-5-10)14(19)17-7-6-11-12(8-17)15-16-13(11)18/h2-5H,6-8H2,1H3,(H2,15,16,18). The Morgan fingerprint density at radius 3 is 2.70 bits per heavy atom. The number of nitrogens with one attached hydrogen (secondary N) is 2. The van der Waals surface area contributed by atoms with Crippen LogP contribution in [0.1, 0.15) is 21.6 Å². The Morgan fingerprint density at radius 2 is 2.00 bits per heavy atom. The Kier molecular flexibility index (Phi) is 3.06. The van der Waals surface area contributed by atoms with Crippen LogP contribution in [0.4, 0.5) is 0 Å². The fourth-order valence-corrected chi connectivity index (χ4v) is 2.43. The molecule has 0 aliphatic carbocycles. The number of hydrogen-bond donors (Lipinski definition) is 2. The molecule has 0 radical (unpaired) electrons. The number of fused-ring (bicyclic) bond motifs is 1. The number of hydrogen-bond acceptors (Lipinski definition) is 3. The molecule has 0 atom stereocenters. The number of aromatic nitrogens is 2. The van der Waals surface area contributed by atoms with Gasteiger partial charge in [-0.2, -0.15) is 0 Å². The van der Waals surface area contributed by atoms with Crippen molar-refractivity contribution in [3.8, 4) is 5.75 Å². The minimum absolute atomic E-state index is 0.0413. The summed E-state index contributed by atoms with van der Waals surface area (Å²) in [6, 6.07) is 7.02. The second-order valence-electron chi connectivity index (χ2n) is 4.74. The molecule has 104 valence electrons. The molecule has 0 fully saturated rings. The second-order valence-corrected chi connectivity index (χ2v) is 4.74. The zero-order valence-electron chi connectivity index (χ0n) is 11.1. The number of H-pyrrole nitrogens is 2. The van der Waals surface area contributed by atoms with Gasteiger partial charge in [-0.3, -0.25) is 14.7 Å². The summed E-state index contributed by atoms with van der Waals surface area (Å²) in [5.74, 6) is 0.679. The zero-order valence-corrected chi connectivity index (χ0v) is 11.1. The van der Waals surface area contributed by atoms with Gasteiger partial charge in [-0.15, -0.1) is 0 Å². The van der Waals surface area contributed by atoms with Crippen LogP contribution in [-0.2, 0) is 13.0 Å². The van der Waals surface area contributed by atoms with Crippen molar-refractivity contribution in [2.45, 2.75) is 13.0 Å². The smallest absolute Gasteiger partial charge is 0.267 e. The van der Waals surface area contributed by atoms with Crippen LogP contribution in [0.25, 0.3) is 0 Å². The van der Waals surface area contributed by atoms with Crippen molar-refractivity contribution in [3.05, 3.63) is 51.4 Å². The van der Waals surface area contributed by atoms with E-state index in [0.717, 1.165) is 17.0 Å². The maximum absolute atomic E-state index is 12.4. The lowest BCUT2D eigenvalue weighted by Crippen LogP contribution is -2.36. The maximum Gasteiger partial charge on any atom is 0.267 e. The van der Waals surface area contributed by atoms with Crippen molar-refractivity contribution in [1.82, 2.24) is 15.1 Å². The Labute approximate surface area is 115 Å². The van der Waals surface area contributed by atoms with E-state index in [-0.39, 0.29) is 11.5 Å². The number of rotatable bonds is 2. The van der Waals surface area contributed by atoms with E-state index in [4.69, 9.17) is 4.74 Å². The molecule has 0 unspecified atom stereocenters. The third-order valence-corrected chi connectivity index (χ3v) is 3.57. The monoisotopic (exact) mass is 273 g/mol. The molecule has 1 aromatic carbocycles. The average Bonchev–Trinajstić information content (AvgIpc) is 2.87. The van der Waals surface area contributed by atoms with E-state index < -0.39 is 0 Å². The predicted molar refractivity (Wildman–Crippen MR) is 72.9 cm³/mol. The first-order valence-corrected chi connectivity index (χ1v) is 6.41. The largest absolute Gasteiger partial charge is 0.497 e. The lowest BCUT2D eigenvalue weighted by Gasteiger charge is -2.26. The molecule has 2 heterocycles. The molecule has 1 aliphatic heterocycles. The fraction of sp³-hybridized carbons (Fsp3) is 0.286. The number of methoxy groups -OCH3 is 1. The SMILES string of the molecule is COc1ccc(C(=O)N2CCc3c([nH][nH]c3=O)C2)cc1. The minimum Gasteiger partial charge on any atom is -0.497 e. The Morgan fingerprint density at radius 1 is 1.25 bits per heavy atom. The van der Waals surface area contributed by atoms with E-state index >= 15 is 0 Å². The van der Waals surface area contributed by atoms with Crippen molar-refractivity contribution < 1.29 is 9.53 Å². The Hall–Kier alpha value is -2.50. The topological polar surface area (TPSA) is 78.2 Å². The summed E-state index contributed by atoms with van der Waals surface area (Å²) < 4.78 is 5.07. The molecular formula is C14H15N3O3. The van der Waals surface area contributed by atoms with E-state index in [1.54, 1.807) is 36.3 Å². The molecule has 1 amide bonds. The molecule has 20 heavy (non-hydrogen) atoms. The quantitative estimate of drug-likeness (QED) is 0.853. The number of carbonyl (C=O) groups is 1. The van der Waals surface area contributed by atoms with Crippen molar-refractivity contribution >= 4 is 5.91 Å². The highest BCUT2D eigenvalue weighted by molar-refractivity contribution is 5.94. The van der Waals surface area contributed by atoms with Crippen molar-refractivity contribution in [1.29, 1.82) is 0 Å². The van der Waals surface area contributed by atoms with E-state index in [9.17, 15) is 9.59 Å². The van der Waals surface area contributed by atoms with E-state index in [1.807, 2.05) is 0 Å². The average molecular weight is 273 g/mol. The number of carbonyl (C=O) groups excluding carboxylic acids is 1. The summed E-state index contributed by atoms with van der Waals surface area (Å²) >= 11 is 0. The molecule has 0 bridgehead atoms. The number of benzene rings is 1. The molecule has 6 nitrogen and oxygen atoms in total. The third kappa shape index (κ3) is 2.09. The molecule has 1 aromatic heterocycles. The van der Waals surface area contributed by atoms with Crippen LogP contribution in [0.2, 0.25) is 0 Å². The molecule has 2 aromatic rings. The van der Waals surface area contributed by atoms with Gasteiger partial charge in [0, 0.05) is 17.7 Å². The van der Waals surface area contributed by atoms with Crippen LogP contribution in [0.5, 0.6) is 5.75 Å². The van der Waals surface area contributed by atoms with Crippen LogP contribution in [0.3, 0.4) is 0 Å². The summed E-state index contributed by atoms with van der Waals surface area (Å²) in [4.78, 5) is 25.6. The predicted octanol–water partition coefficient (Wildman–Crippen LogP) is 0.910. The minimum atomic E-state index is -0.0865. The van der Waals surface area contributed by atoms with Crippen molar-refractivity contribution in [2.24, 2.45) is 0 Å². The van der Waals surface area contributed by atoms with E-state index in [2.05, 4.69) is 10.2 Å². The highest BCUT2D eigenvalue weighted by atomic mass is 16.5. The summed E-state index contributed by atoms with van der Waals surface area (Å²) in [6.07, 6.45) is 0.579. The first kappa shape index (κ1) is 12.5. The number of nitrogens with zero attached hydrogens (tertiary/aromatic N) is 1. The van der Waals surface area contributed by atoms with Crippen LogP contribution in [-0.4, -0.2) is 34.7 Å². The summed E-state index contributed by atoms with van der Waals surface area (Å²) in [5.41, 5.74) is 2.08. The van der Waals surface area contributed by atoms with Crippen LogP contribution >= 0.6 is 0 Å². The zero-order chi connectivity index (χ0) is 14.1. The molecule has 1 aliphatic rings. The van der Waals surface area contributed by atoms with Gasteiger partial charge in [-0.05, 0) is 30.7 Å². The first-order valence-electron chi connectivity index (χ1n) is 6.41. The molecule has 3 rings (SSSR count). The first-order chi connectivity index (χ1) is 9.69. The fourth-order valence-electron chi connectivity index (χ4n) is 2.43. The lowest BCUT2D eigenvalue weighted by atomic mass is 10.1. The Bertz CT molecular complexity index is 684.